The van der Waals surface area contributed by atoms with Crippen LogP contribution in [0.3, 0.4) is 0 Å². The molecule has 0 radical (unpaired) electrons. The highest BCUT2D eigenvalue weighted by Crippen LogP contribution is 2.14. The molecule has 0 atom stereocenters. The van der Waals surface area contributed by atoms with Gasteiger partial charge in [-0.05, 0) is 55.7 Å². The van der Waals surface area contributed by atoms with Crippen LogP contribution in [0.25, 0.3) is 0 Å². The lowest BCUT2D eigenvalue weighted by molar-refractivity contribution is -0.117. The van der Waals surface area contributed by atoms with E-state index in [9.17, 15) is 9.59 Å². The average molecular weight is 479 g/mol. The first-order valence-corrected chi connectivity index (χ1v) is 10.7. The second-order valence-corrected chi connectivity index (χ2v) is 7.53. The van der Waals surface area contributed by atoms with Gasteiger partial charge in [0.25, 0.3) is 0 Å². The van der Waals surface area contributed by atoms with Crippen molar-refractivity contribution in [3.63, 3.8) is 0 Å². The highest BCUT2D eigenvalue weighted by molar-refractivity contribution is 6.01. The van der Waals surface area contributed by atoms with Gasteiger partial charge in [0.2, 0.25) is 23.7 Å². The maximum atomic E-state index is 12.3. The second-order valence-electron chi connectivity index (χ2n) is 7.53. The molecule has 12 heteroatoms. The molecule has 10 N–H and O–H groups in total. The number of nitrogens with one attached hydrogen (secondary N) is 2. The van der Waals surface area contributed by atoms with Crippen LogP contribution in [0.2, 0.25) is 0 Å². The number of guanidine groups is 2. The molecule has 0 bridgehead atoms. The largest absolute Gasteiger partial charge is 0.369 e. The van der Waals surface area contributed by atoms with Crippen LogP contribution >= 0.6 is 0 Å². The van der Waals surface area contributed by atoms with Crippen LogP contribution < -0.4 is 33.6 Å². The van der Waals surface area contributed by atoms with Crippen molar-refractivity contribution in [2.75, 3.05) is 10.6 Å². The van der Waals surface area contributed by atoms with Crippen molar-refractivity contribution >= 4 is 46.5 Å². The molecular weight excluding hydrogens is 448 g/mol. The van der Waals surface area contributed by atoms with Gasteiger partial charge in [-0.15, -0.1) is 10.2 Å². The van der Waals surface area contributed by atoms with E-state index in [0.29, 0.717) is 29.2 Å². The van der Waals surface area contributed by atoms with E-state index in [1.165, 1.54) is 0 Å². The molecule has 0 aromatic heterocycles. The topological polar surface area (TPSA) is 212 Å². The Morgan fingerprint density at radius 2 is 1.09 bits per heavy atom. The van der Waals surface area contributed by atoms with Gasteiger partial charge in [0, 0.05) is 24.2 Å². The Morgan fingerprint density at radius 3 is 1.46 bits per heavy atom. The molecule has 0 heterocycles. The molecule has 2 aromatic carbocycles. The normalized spacial score (nSPS) is 11.4. The highest BCUT2D eigenvalue weighted by atomic mass is 16.2. The van der Waals surface area contributed by atoms with Crippen LogP contribution in [0.1, 0.15) is 44.2 Å². The number of hydrogen-bond donors (Lipinski definition) is 6. The van der Waals surface area contributed by atoms with E-state index in [1.54, 1.807) is 50.2 Å². The molecular formula is C23H30N10O2. The van der Waals surface area contributed by atoms with Gasteiger partial charge < -0.3 is 33.6 Å². The Kier molecular flexibility index (Phi) is 9.91. The van der Waals surface area contributed by atoms with Crippen LogP contribution in [0.15, 0.2) is 68.9 Å². The Labute approximate surface area is 203 Å². The van der Waals surface area contributed by atoms with Crippen molar-refractivity contribution in [1.82, 2.24) is 0 Å². The zero-order valence-electron chi connectivity index (χ0n) is 19.7. The number of nitrogens with two attached hydrogens (primary N) is 4. The first-order valence-electron chi connectivity index (χ1n) is 10.7. The highest BCUT2D eigenvalue weighted by Gasteiger charge is 2.08. The summed E-state index contributed by atoms with van der Waals surface area (Å²) in [5, 5.41) is 20.7. The maximum absolute atomic E-state index is 12.3. The molecule has 184 valence electrons. The molecule has 0 fully saturated rings. The van der Waals surface area contributed by atoms with Gasteiger partial charge in [-0.2, -0.15) is 10.2 Å². The number of benzene rings is 2. The summed E-state index contributed by atoms with van der Waals surface area (Å²) in [6, 6.07) is 14.2. The molecule has 2 aromatic rings. The van der Waals surface area contributed by atoms with E-state index in [2.05, 4.69) is 31.0 Å². The van der Waals surface area contributed by atoms with E-state index < -0.39 is 0 Å². The third kappa shape index (κ3) is 9.74. The lowest BCUT2D eigenvalue weighted by Crippen LogP contribution is -2.22. The van der Waals surface area contributed by atoms with Crippen molar-refractivity contribution in [3.8, 4) is 0 Å². The van der Waals surface area contributed by atoms with Gasteiger partial charge in [0.15, 0.2) is 0 Å². The van der Waals surface area contributed by atoms with Crippen LogP contribution in [0.4, 0.5) is 11.4 Å². The predicted molar refractivity (Wildman–Crippen MR) is 140 cm³/mol. The van der Waals surface area contributed by atoms with E-state index in [-0.39, 0.29) is 36.6 Å². The Balaban J connectivity index is 1.86. The molecule has 0 saturated carbocycles. The number of hydrogen-bond acceptors (Lipinski definition) is 6. The third-order valence-electron chi connectivity index (χ3n) is 4.57. The summed E-state index contributed by atoms with van der Waals surface area (Å²) in [6.45, 7) is 3.50. The molecule has 0 unspecified atom stereocenters. The lowest BCUT2D eigenvalue weighted by Gasteiger charge is -2.08. The molecule has 0 aliphatic carbocycles. The first-order chi connectivity index (χ1) is 16.6. The summed E-state index contributed by atoms with van der Waals surface area (Å²) in [4.78, 5) is 24.6. The fourth-order valence-electron chi connectivity index (χ4n) is 2.88. The van der Waals surface area contributed by atoms with Crippen LogP contribution in [-0.4, -0.2) is 35.2 Å². The number of anilines is 2. The summed E-state index contributed by atoms with van der Waals surface area (Å²) in [6.07, 6.45) is 0.749. The molecule has 0 aliphatic rings. The summed E-state index contributed by atoms with van der Waals surface area (Å²) < 4.78 is 0. The summed E-state index contributed by atoms with van der Waals surface area (Å²) >= 11 is 0. The second kappa shape index (κ2) is 13.1. The zero-order chi connectivity index (χ0) is 25.8. The van der Waals surface area contributed by atoms with E-state index >= 15 is 0 Å². The van der Waals surface area contributed by atoms with Gasteiger partial charge in [0.05, 0.1) is 11.4 Å². The van der Waals surface area contributed by atoms with Crippen molar-refractivity contribution in [1.29, 1.82) is 0 Å². The summed E-state index contributed by atoms with van der Waals surface area (Å²) in [5.74, 6) is -0.695. The maximum Gasteiger partial charge on any atom is 0.224 e. The SMILES string of the molecule is C/C(=N\N=C(N)N)c1cccc(NC(=O)CCCC(=O)Nc2cccc(/C(C)=N/N=C(N)N)c2)c1. The Hall–Kier alpha value is -4.74. The number of amides is 2. The smallest absolute Gasteiger partial charge is 0.224 e. The minimum atomic E-state index is -0.206. The van der Waals surface area contributed by atoms with Crippen molar-refractivity contribution in [3.05, 3.63) is 59.7 Å². The van der Waals surface area contributed by atoms with Crippen molar-refractivity contribution < 1.29 is 9.59 Å². The van der Waals surface area contributed by atoms with Crippen molar-refractivity contribution in [2.45, 2.75) is 33.1 Å². The summed E-state index contributed by atoms with van der Waals surface area (Å²) in [5.41, 5.74) is 25.0. The van der Waals surface area contributed by atoms with Crippen LogP contribution in [0.5, 0.6) is 0 Å². The van der Waals surface area contributed by atoms with E-state index in [0.717, 1.165) is 11.1 Å². The van der Waals surface area contributed by atoms with E-state index in [1.807, 2.05) is 12.1 Å². The number of carbonyl (C=O) groups is 2. The molecule has 2 rings (SSSR count). The third-order valence-corrected chi connectivity index (χ3v) is 4.57. The Morgan fingerprint density at radius 1 is 0.686 bits per heavy atom. The fourth-order valence-corrected chi connectivity index (χ4v) is 2.88. The van der Waals surface area contributed by atoms with Gasteiger partial charge in [-0.3, -0.25) is 9.59 Å². The lowest BCUT2D eigenvalue weighted by atomic mass is 10.1. The average Bonchev–Trinajstić information content (AvgIpc) is 2.81. The minimum Gasteiger partial charge on any atom is -0.369 e. The predicted octanol–water partition coefficient (Wildman–Crippen LogP) is 1.43. The van der Waals surface area contributed by atoms with Gasteiger partial charge in [-0.1, -0.05) is 24.3 Å². The van der Waals surface area contributed by atoms with Crippen LogP contribution in [0, 0.1) is 0 Å². The minimum absolute atomic E-state index is 0.141. The number of rotatable bonds is 10. The number of nitrogens with zero attached hydrogens (tertiary/aromatic N) is 4. The standard InChI is InChI=1S/C23H30N10O2/c1-14(30-32-22(24)25)16-6-3-8-18(12-16)28-20(34)10-5-11-21(35)29-19-9-4-7-17(13-19)15(2)31-33-23(26)27/h3-4,6-9,12-13H,5,10-11H2,1-2H3,(H,28,34)(H,29,35)(H4,24,25,32)(H4,26,27,33)/b30-14+,31-15+. The molecule has 0 aliphatic heterocycles. The first kappa shape index (κ1) is 26.5. The summed E-state index contributed by atoms with van der Waals surface area (Å²) in [7, 11) is 0. The van der Waals surface area contributed by atoms with Crippen LogP contribution in [-0.2, 0) is 9.59 Å². The van der Waals surface area contributed by atoms with Gasteiger partial charge in [-0.25, -0.2) is 0 Å². The monoisotopic (exact) mass is 478 g/mol. The quantitative estimate of drug-likeness (QED) is 0.169. The van der Waals surface area contributed by atoms with E-state index in [4.69, 9.17) is 22.9 Å². The van der Waals surface area contributed by atoms with Gasteiger partial charge in [0.1, 0.15) is 0 Å². The number of carbonyl (C=O) groups excluding carboxylic acids is 2. The fraction of sp³-hybridized carbons (Fsp3) is 0.217. The Bertz CT molecular complexity index is 1080. The molecule has 0 saturated heterocycles. The van der Waals surface area contributed by atoms with Gasteiger partial charge >= 0.3 is 0 Å². The van der Waals surface area contributed by atoms with Crippen molar-refractivity contribution in [2.24, 2.45) is 43.3 Å². The molecule has 35 heavy (non-hydrogen) atoms. The molecule has 0 spiro atoms. The zero-order valence-corrected chi connectivity index (χ0v) is 19.7. The molecule has 2 amide bonds. The molecule has 12 nitrogen and oxygen atoms in total.